The molecule has 1 saturated heterocycles. The van der Waals surface area contributed by atoms with Crippen molar-refractivity contribution in [2.24, 2.45) is 0 Å². The van der Waals surface area contributed by atoms with Crippen molar-refractivity contribution in [1.82, 2.24) is 9.88 Å². The van der Waals surface area contributed by atoms with Gasteiger partial charge in [-0.3, -0.25) is 9.69 Å². The Morgan fingerprint density at radius 3 is 2.70 bits per heavy atom. The van der Waals surface area contributed by atoms with Gasteiger partial charge < -0.3 is 4.90 Å². The summed E-state index contributed by atoms with van der Waals surface area (Å²) in [6.45, 7) is 2.32. The molecule has 1 aliphatic heterocycles. The second kappa shape index (κ2) is 7.97. The standard InChI is InChI=1S/C21H22ClN3OS/c1-24(17-5-3-2-4-6-17)20(26)14-25-11-9-15(10-12-25)21-23-18-13-16(22)7-8-19(18)27-21/h2-8,13,15H,9-12,14H2,1H3. The Morgan fingerprint density at radius 1 is 1.22 bits per heavy atom. The minimum atomic E-state index is 0.134. The number of carbonyl (C=O) groups excluding carboxylic acids is 1. The van der Waals surface area contributed by atoms with Crippen molar-refractivity contribution in [2.75, 3.05) is 31.6 Å². The second-order valence-corrected chi connectivity index (χ2v) is 8.50. The van der Waals surface area contributed by atoms with Gasteiger partial charge in [0.1, 0.15) is 0 Å². The van der Waals surface area contributed by atoms with Gasteiger partial charge in [-0.15, -0.1) is 11.3 Å². The van der Waals surface area contributed by atoms with Crippen LogP contribution < -0.4 is 4.90 Å². The normalized spacial score (nSPS) is 15.9. The van der Waals surface area contributed by atoms with E-state index in [4.69, 9.17) is 16.6 Å². The number of anilines is 1. The van der Waals surface area contributed by atoms with E-state index in [0.717, 1.165) is 42.2 Å². The molecule has 2 heterocycles. The highest BCUT2D eigenvalue weighted by atomic mass is 35.5. The number of rotatable bonds is 4. The van der Waals surface area contributed by atoms with Crippen molar-refractivity contribution >= 4 is 44.7 Å². The number of benzene rings is 2. The van der Waals surface area contributed by atoms with Crippen LogP contribution >= 0.6 is 22.9 Å². The smallest absolute Gasteiger partial charge is 0.240 e. The first kappa shape index (κ1) is 18.4. The van der Waals surface area contributed by atoms with Gasteiger partial charge in [0.2, 0.25) is 5.91 Å². The summed E-state index contributed by atoms with van der Waals surface area (Å²) in [6, 6.07) is 15.7. The van der Waals surface area contributed by atoms with E-state index in [9.17, 15) is 4.79 Å². The van der Waals surface area contributed by atoms with Crippen LogP contribution in [0.2, 0.25) is 5.02 Å². The molecule has 0 spiro atoms. The highest BCUT2D eigenvalue weighted by molar-refractivity contribution is 7.18. The second-order valence-electron chi connectivity index (χ2n) is 7.00. The van der Waals surface area contributed by atoms with E-state index in [1.165, 1.54) is 9.71 Å². The number of piperidine rings is 1. The molecule has 1 aliphatic rings. The third kappa shape index (κ3) is 4.15. The Kier molecular flexibility index (Phi) is 5.43. The molecule has 2 aromatic carbocycles. The number of thiazole rings is 1. The fourth-order valence-electron chi connectivity index (χ4n) is 3.52. The SMILES string of the molecule is CN(C(=O)CN1CCC(c2nc3cc(Cl)ccc3s2)CC1)c1ccccc1. The van der Waals surface area contributed by atoms with Crippen LogP contribution in [-0.2, 0) is 4.79 Å². The first-order chi connectivity index (χ1) is 13.1. The maximum Gasteiger partial charge on any atom is 0.240 e. The van der Waals surface area contributed by atoms with E-state index in [1.807, 2.05) is 55.6 Å². The molecule has 0 atom stereocenters. The minimum Gasteiger partial charge on any atom is -0.314 e. The van der Waals surface area contributed by atoms with Crippen molar-refractivity contribution in [3.8, 4) is 0 Å². The van der Waals surface area contributed by atoms with Crippen LogP contribution in [0.25, 0.3) is 10.2 Å². The van der Waals surface area contributed by atoms with E-state index >= 15 is 0 Å². The third-order valence-electron chi connectivity index (χ3n) is 5.18. The Hall–Kier alpha value is -1.95. The lowest BCUT2D eigenvalue weighted by molar-refractivity contribution is -0.119. The zero-order valence-electron chi connectivity index (χ0n) is 15.3. The maximum absolute atomic E-state index is 12.6. The highest BCUT2D eigenvalue weighted by Gasteiger charge is 2.25. The van der Waals surface area contributed by atoms with Gasteiger partial charge in [0.15, 0.2) is 0 Å². The number of para-hydroxylation sites is 1. The fraction of sp³-hybridized carbons (Fsp3) is 0.333. The van der Waals surface area contributed by atoms with Gasteiger partial charge in [-0.1, -0.05) is 29.8 Å². The molecular formula is C21H22ClN3OS. The summed E-state index contributed by atoms with van der Waals surface area (Å²) in [6.07, 6.45) is 2.08. The number of nitrogens with zero attached hydrogens (tertiary/aromatic N) is 3. The molecule has 4 rings (SSSR count). The van der Waals surface area contributed by atoms with Crippen LogP contribution in [-0.4, -0.2) is 42.5 Å². The molecule has 0 radical (unpaired) electrons. The number of fused-ring (bicyclic) bond motifs is 1. The molecule has 0 saturated carbocycles. The maximum atomic E-state index is 12.6. The van der Waals surface area contributed by atoms with Crippen LogP contribution in [0.3, 0.4) is 0 Å². The lowest BCUT2D eigenvalue weighted by Gasteiger charge is -2.31. The quantitative estimate of drug-likeness (QED) is 0.632. The highest BCUT2D eigenvalue weighted by Crippen LogP contribution is 2.34. The molecule has 4 nitrogen and oxygen atoms in total. The van der Waals surface area contributed by atoms with Crippen LogP contribution in [0.1, 0.15) is 23.8 Å². The van der Waals surface area contributed by atoms with Gasteiger partial charge in [-0.05, 0) is 56.3 Å². The number of likely N-dealkylation sites (tertiary alicyclic amines) is 1. The summed E-state index contributed by atoms with van der Waals surface area (Å²) in [5.74, 6) is 0.605. The Morgan fingerprint density at radius 2 is 1.96 bits per heavy atom. The predicted molar refractivity (Wildman–Crippen MR) is 113 cm³/mol. The monoisotopic (exact) mass is 399 g/mol. The molecule has 0 aliphatic carbocycles. The summed E-state index contributed by atoms with van der Waals surface area (Å²) >= 11 is 7.84. The molecule has 0 unspecified atom stereocenters. The molecule has 0 N–H and O–H groups in total. The number of carbonyl (C=O) groups is 1. The van der Waals surface area contributed by atoms with Gasteiger partial charge in [-0.25, -0.2) is 4.98 Å². The fourth-order valence-corrected chi connectivity index (χ4v) is 4.81. The average Bonchev–Trinajstić information content (AvgIpc) is 3.11. The van der Waals surface area contributed by atoms with Crippen LogP contribution in [0.15, 0.2) is 48.5 Å². The Bertz CT molecular complexity index is 935. The van der Waals surface area contributed by atoms with Crippen LogP contribution in [0.4, 0.5) is 5.69 Å². The molecule has 6 heteroatoms. The number of hydrogen-bond acceptors (Lipinski definition) is 4. The van der Waals surface area contributed by atoms with Gasteiger partial charge in [0.05, 0.1) is 21.8 Å². The number of likely N-dealkylation sites (N-methyl/N-ethyl adjacent to an activating group) is 1. The van der Waals surface area contributed by atoms with E-state index in [2.05, 4.69) is 4.90 Å². The minimum absolute atomic E-state index is 0.134. The number of amides is 1. The Balaban J connectivity index is 1.35. The predicted octanol–water partition coefficient (Wildman–Crippen LogP) is 4.79. The van der Waals surface area contributed by atoms with Crippen LogP contribution in [0.5, 0.6) is 0 Å². The van der Waals surface area contributed by atoms with Gasteiger partial charge in [0, 0.05) is 23.7 Å². The average molecular weight is 400 g/mol. The molecule has 27 heavy (non-hydrogen) atoms. The lowest BCUT2D eigenvalue weighted by Crippen LogP contribution is -2.42. The summed E-state index contributed by atoms with van der Waals surface area (Å²) in [4.78, 5) is 21.4. The van der Waals surface area contributed by atoms with E-state index in [0.29, 0.717) is 12.5 Å². The van der Waals surface area contributed by atoms with Crippen molar-refractivity contribution in [2.45, 2.75) is 18.8 Å². The Labute approximate surface area is 168 Å². The summed E-state index contributed by atoms with van der Waals surface area (Å²) in [7, 11) is 1.84. The summed E-state index contributed by atoms with van der Waals surface area (Å²) in [5, 5.41) is 1.93. The van der Waals surface area contributed by atoms with Gasteiger partial charge in [-0.2, -0.15) is 0 Å². The zero-order valence-corrected chi connectivity index (χ0v) is 16.8. The molecule has 3 aromatic rings. The first-order valence-corrected chi connectivity index (χ1v) is 10.4. The number of hydrogen-bond donors (Lipinski definition) is 0. The molecule has 1 aromatic heterocycles. The molecular weight excluding hydrogens is 378 g/mol. The number of halogens is 1. The molecule has 1 fully saturated rings. The largest absolute Gasteiger partial charge is 0.314 e. The zero-order chi connectivity index (χ0) is 18.8. The van der Waals surface area contributed by atoms with E-state index in [-0.39, 0.29) is 5.91 Å². The van der Waals surface area contributed by atoms with Crippen LogP contribution in [0, 0.1) is 0 Å². The van der Waals surface area contributed by atoms with Crippen molar-refractivity contribution in [3.05, 3.63) is 58.6 Å². The van der Waals surface area contributed by atoms with Crippen molar-refractivity contribution in [3.63, 3.8) is 0 Å². The van der Waals surface area contributed by atoms with Crippen molar-refractivity contribution < 1.29 is 4.79 Å². The summed E-state index contributed by atoms with van der Waals surface area (Å²) < 4.78 is 1.19. The molecule has 1 amide bonds. The third-order valence-corrected chi connectivity index (χ3v) is 6.61. The molecule has 0 bridgehead atoms. The topological polar surface area (TPSA) is 36.4 Å². The first-order valence-electron chi connectivity index (χ1n) is 9.20. The molecule has 140 valence electrons. The number of aromatic nitrogens is 1. The van der Waals surface area contributed by atoms with E-state index in [1.54, 1.807) is 16.2 Å². The van der Waals surface area contributed by atoms with E-state index < -0.39 is 0 Å². The van der Waals surface area contributed by atoms with Crippen molar-refractivity contribution in [1.29, 1.82) is 0 Å². The summed E-state index contributed by atoms with van der Waals surface area (Å²) in [5.41, 5.74) is 1.93. The van der Waals surface area contributed by atoms with Gasteiger partial charge >= 0.3 is 0 Å². The van der Waals surface area contributed by atoms with Gasteiger partial charge in [0.25, 0.3) is 0 Å². The lowest BCUT2D eigenvalue weighted by atomic mass is 9.97.